The van der Waals surface area contributed by atoms with E-state index in [4.69, 9.17) is 0 Å². The molecule has 5 nitrogen and oxygen atoms in total. The van der Waals surface area contributed by atoms with Crippen molar-refractivity contribution in [3.63, 3.8) is 0 Å². The highest BCUT2D eigenvalue weighted by atomic mass is 79.9. The number of nitrogens with zero attached hydrogens (tertiary/aromatic N) is 4. The second-order valence-electron chi connectivity index (χ2n) is 3.52. The molecule has 0 bridgehead atoms. The lowest BCUT2D eigenvalue weighted by molar-refractivity contribution is 0.616. The van der Waals surface area contributed by atoms with Crippen LogP contribution in [0.5, 0.6) is 0 Å². The van der Waals surface area contributed by atoms with E-state index in [2.05, 4.69) is 43.1 Å². The summed E-state index contributed by atoms with van der Waals surface area (Å²) >= 11 is 3.40. The van der Waals surface area contributed by atoms with Crippen molar-refractivity contribution in [2.75, 3.05) is 5.32 Å². The molecule has 2 aromatic heterocycles. The number of nitrogens with one attached hydrogen (secondary N) is 1. The lowest BCUT2D eigenvalue weighted by Crippen LogP contribution is -2.22. The van der Waals surface area contributed by atoms with Crippen LogP contribution in [0.3, 0.4) is 0 Å². The predicted molar refractivity (Wildman–Crippen MR) is 65.0 cm³/mol. The zero-order valence-corrected chi connectivity index (χ0v) is 10.4. The van der Waals surface area contributed by atoms with Crippen molar-refractivity contribution < 1.29 is 0 Å². The molecule has 16 heavy (non-hydrogen) atoms. The highest BCUT2D eigenvalue weighted by Crippen LogP contribution is 2.17. The molecule has 0 unspecified atom stereocenters. The van der Waals surface area contributed by atoms with Gasteiger partial charge in [0.1, 0.15) is 12.1 Å². The second kappa shape index (κ2) is 5.07. The van der Waals surface area contributed by atoms with Gasteiger partial charge in [0, 0.05) is 31.2 Å². The summed E-state index contributed by atoms with van der Waals surface area (Å²) in [6, 6.07) is 0.264. The standard InChI is InChI=1S/C10H12BrN5/c1-8(5-16-3-2-12-7-16)15-10-9(11)4-13-6-14-10/h2-4,6-8H,5H2,1H3,(H,13,14,15)/t8-/m1/s1. The van der Waals surface area contributed by atoms with Gasteiger partial charge in [-0.15, -0.1) is 0 Å². The molecule has 6 heteroatoms. The summed E-state index contributed by atoms with van der Waals surface area (Å²) in [6.07, 6.45) is 8.75. The molecule has 0 saturated heterocycles. The van der Waals surface area contributed by atoms with E-state index in [-0.39, 0.29) is 6.04 Å². The normalized spacial score (nSPS) is 12.4. The fraction of sp³-hybridized carbons (Fsp3) is 0.300. The fourth-order valence-electron chi connectivity index (χ4n) is 1.41. The minimum atomic E-state index is 0.264. The molecule has 2 rings (SSSR count). The van der Waals surface area contributed by atoms with E-state index in [1.807, 2.05) is 10.8 Å². The van der Waals surface area contributed by atoms with Gasteiger partial charge in [-0.1, -0.05) is 0 Å². The summed E-state index contributed by atoms with van der Waals surface area (Å²) in [4.78, 5) is 12.1. The van der Waals surface area contributed by atoms with Gasteiger partial charge in [0.15, 0.2) is 0 Å². The maximum absolute atomic E-state index is 4.15. The monoisotopic (exact) mass is 281 g/mol. The maximum atomic E-state index is 4.15. The van der Waals surface area contributed by atoms with Gasteiger partial charge in [-0.3, -0.25) is 0 Å². The van der Waals surface area contributed by atoms with Gasteiger partial charge in [-0.2, -0.15) is 0 Å². The van der Waals surface area contributed by atoms with Gasteiger partial charge in [0.2, 0.25) is 0 Å². The first-order chi connectivity index (χ1) is 7.75. The average Bonchev–Trinajstić information content (AvgIpc) is 2.74. The minimum Gasteiger partial charge on any atom is -0.365 e. The van der Waals surface area contributed by atoms with Crippen LogP contribution in [0.2, 0.25) is 0 Å². The van der Waals surface area contributed by atoms with Gasteiger partial charge < -0.3 is 9.88 Å². The zero-order chi connectivity index (χ0) is 11.4. The molecule has 0 amide bonds. The fourth-order valence-corrected chi connectivity index (χ4v) is 1.74. The van der Waals surface area contributed by atoms with Crippen molar-refractivity contribution in [1.29, 1.82) is 0 Å². The number of anilines is 1. The van der Waals surface area contributed by atoms with E-state index in [0.29, 0.717) is 0 Å². The van der Waals surface area contributed by atoms with Crippen LogP contribution in [0.25, 0.3) is 0 Å². The number of hydrogen-bond donors (Lipinski definition) is 1. The average molecular weight is 282 g/mol. The Kier molecular flexibility index (Phi) is 3.51. The Bertz CT molecular complexity index is 442. The predicted octanol–water partition coefficient (Wildman–Crippen LogP) is 1.94. The smallest absolute Gasteiger partial charge is 0.144 e. The van der Waals surface area contributed by atoms with E-state index in [1.165, 1.54) is 6.33 Å². The first kappa shape index (κ1) is 11.1. The van der Waals surface area contributed by atoms with Gasteiger partial charge >= 0.3 is 0 Å². The molecule has 0 aliphatic carbocycles. The highest BCUT2D eigenvalue weighted by Gasteiger charge is 2.06. The van der Waals surface area contributed by atoms with Gasteiger partial charge in [-0.05, 0) is 22.9 Å². The third-order valence-electron chi connectivity index (χ3n) is 2.09. The van der Waals surface area contributed by atoms with Crippen LogP contribution in [0.1, 0.15) is 6.92 Å². The summed E-state index contributed by atoms with van der Waals surface area (Å²) in [5, 5.41) is 3.30. The molecular weight excluding hydrogens is 270 g/mol. The van der Waals surface area contributed by atoms with Crippen LogP contribution in [-0.4, -0.2) is 25.6 Å². The molecule has 0 radical (unpaired) electrons. The number of rotatable bonds is 4. The minimum absolute atomic E-state index is 0.264. The van der Waals surface area contributed by atoms with Crippen molar-refractivity contribution in [3.05, 3.63) is 35.7 Å². The van der Waals surface area contributed by atoms with E-state index < -0.39 is 0 Å². The van der Waals surface area contributed by atoms with Crippen LogP contribution in [-0.2, 0) is 6.54 Å². The molecule has 0 saturated carbocycles. The lowest BCUT2D eigenvalue weighted by Gasteiger charge is -2.15. The summed E-state index contributed by atoms with van der Waals surface area (Å²) in [5.41, 5.74) is 0. The molecule has 1 N–H and O–H groups in total. The molecule has 0 aliphatic rings. The topological polar surface area (TPSA) is 55.6 Å². The number of imidazole rings is 1. The first-order valence-electron chi connectivity index (χ1n) is 4.93. The van der Waals surface area contributed by atoms with E-state index in [0.717, 1.165) is 16.8 Å². The molecule has 0 aromatic carbocycles. The first-order valence-corrected chi connectivity index (χ1v) is 5.73. The van der Waals surface area contributed by atoms with Crippen LogP contribution >= 0.6 is 15.9 Å². The maximum Gasteiger partial charge on any atom is 0.144 e. The quantitative estimate of drug-likeness (QED) is 0.931. The summed E-state index contributed by atoms with van der Waals surface area (Å²) in [7, 11) is 0. The third-order valence-corrected chi connectivity index (χ3v) is 2.67. The van der Waals surface area contributed by atoms with Gasteiger partial charge in [0.25, 0.3) is 0 Å². The molecule has 0 spiro atoms. The molecule has 1 atom stereocenters. The molecule has 2 aromatic rings. The van der Waals surface area contributed by atoms with Crippen LogP contribution in [0, 0.1) is 0 Å². The molecule has 0 aliphatic heterocycles. The van der Waals surface area contributed by atoms with E-state index >= 15 is 0 Å². The molecule has 0 fully saturated rings. The van der Waals surface area contributed by atoms with Gasteiger partial charge in [-0.25, -0.2) is 15.0 Å². The zero-order valence-electron chi connectivity index (χ0n) is 8.84. The third kappa shape index (κ3) is 2.79. The Hall–Kier alpha value is -1.43. The SMILES string of the molecule is C[C@H](Cn1ccnc1)Nc1ncncc1Br. The molecule has 2 heterocycles. The summed E-state index contributed by atoms with van der Waals surface area (Å²) in [6.45, 7) is 2.94. The Labute approximate surface area is 102 Å². The Morgan fingerprint density at radius 3 is 3.06 bits per heavy atom. The largest absolute Gasteiger partial charge is 0.365 e. The summed E-state index contributed by atoms with van der Waals surface area (Å²) in [5.74, 6) is 0.808. The van der Waals surface area contributed by atoms with Crippen molar-refractivity contribution in [2.45, 2.75) is 19.5 Å². The number of halogens is 1. The molecule has 84 valence electrons. The van der Waals surface area contributed by atoms with Gasteiger partial charge in [0.05, 0.1) is 10.8 Å². The lowest BCUT2D eigenvalue weighted by atomic mass is 10.3. The van der Waals surface area contributed by atoms with Crippen molar-refractivity contribution in [1.82, 2.24) is 19.5 Å². The van der Waals surface area contributed by atoms with E-state index in [9.17, 15) is 0 Å². The van der Waals surface area contributed by atoms with Crippen LogP contribution in [0.4, 0.5) is 5.82 Å². The summed E-state index contributed by atoms with van der Waals surface area (Å²) < 4.78 is 2.89. The Morgan fingerprint density at radius 1 is 1.50 bits per heavy atom. The van der Waals surface area contributed by atoms with Crippen molar-refractivity contribution in [3.8, 4) is 0 Å². The van der Waals surface area contributed by atoms with Crippen molar-refractivity contribution >= 4 is 21.7 Å². The Balaban J connectivity index is 1.97. The number of aromatic nitrogens is 4. The second-order valence-corrected chi connectivity index (χ2v) is 4.38. The van der Waals surface area contributed by atoms with E-state index in [1.54, 1.807) is 18.7 Å². The van der Waals surface area contributed by atoms with Crippen LogP contribution in [0.15, 0.2) is 35.7 Å². The highest BCUT2D eigenvalue weighted by molar-refractivity contribution is 9.10. The molecular formula is C10H12BrN5. The Morgan fingerprint density at radius 2 is 2.38 bits per heavy atom. The number of hydrogen-bond acceptors (Lipinski definition) is 4. The van der Waals surface area contributed by atoms with Crippen molar-refractivity contribution in [2.24, 2.45) is 0 Å². The van der Waals surface area contributed by atoms with Crippen LogP contribution < -0.4 is 5.32 Å².